The SMILES string of the molecule is CCCCCCC/C=C/CC/C=C/CC/C=C/C(O)C(CO)NC(=O)CCCCCCCCCCCCCCC. The number of unbranched alkanes of at least 4 members (excludes halogenated alkanes) is 19. The van der Waals surface area contributed by atoms with Gasteiger partial charge in [-0.25, -0.2) is 0 Å². The Morgan fingerprint density at radius 3 is 1.45 bits per heavy atom. The minimum Gasteiger partial charge on any atom is -0.394 e. The second-order valence-electron chi connectivity index (χ2n) is 11.6. The van der Waals surface area contributed by atoms with Crippen LogP contribution in [0.3, 0.4) is 0 Å². The van der Waals surface area contributed by atoms with E-state index in [1.165, 1.54) is 109 Å². The Morgan fingerprint density at radius 2 is 0.975 bits per heavy atom. The van der Waals surface area contributed by atoms with E-state index in [1.807, 2.05) is 6.08 Å². The van der Waals surface area contributed by atoms with E-state index in [9.17, 15) is 15.0 Å². The summed E-state index contributed by atoms with van der Waals surface area (Å²) in [5.74, 6) is -0.0805. The first-order valence-electron chi connectivity index (χ1n) is 17.2. The molecule has 2 atom stereocenters. The van der Waals surface area contributed by atoms with Crippen LogP contribution in [0, 0.1) is 0 Å². The average molecular weight is 562 g/mol. The molecule has 4 nitrogen and oxygen atoms in total. The molecule has 0 saturated heterocycles. The fourth-order valence-electron chi connectivity index (χ4n) is 4.91. The van der Waals surface area contributed by atoms with Gasteiger partial charge in [0.1, 0.15) is 0 Å². The largest absolute Gasteiger partial charge is 0.394 e. The van der Waals surface area contributed by atoms with Crippen molar-refractivity contribution in [3.63, 3.8) is 0 Å². The summed E-state index contributed by atoms with van der Waals surface area (Å²) in [6.07, 6.45) is 40.7. The van der Waals surface area contributed by atoms with Crippen molar-refractivity contribution in [3.05, 3.63) is 36.5 Å². The smallest absolute Gasteiger partial charge is 0.220 e. The highest BCUT2D eigenvalue weighted by molar-refractivity contribution is 5.76. The predicted octanol–water partition coefficient (Wildman–Crippen LogP) is 9.90. The molecule has 0 aliphatic rings. The minimum atomic E-state index is -0.864. The maximum atomic E-state index is 12.3. The molecule has 40 heavy (non-hydrogen) atoms. The summed E-state index contributed by atoms with van der Waals surface area (Å²) >= 11 is 0. The van der Waals surface area contributed by atoms with E-state index in [0.717, 1.165) is 38.5 Å². The molecule has 0 aromatic rings. The lowest BCUT2D eigenvalue weighted by atomic mass is 10.0. The third kappa shape index (κ3) is 28.1. The molecule has 1 amide bonds. The van der Waals surface area contributed by atoms with Gasteiger partial charge in [0.25, 0.3) is 0 Å². The molecule has 0 saturated carbocycles. The molecule has 0 heterocycles. The number of allylic oxidation sites excluding steroid dienone is 5. The van der Waals surface area contributed by atoms with Crippen molar-refractivity contribution in [1.29, 1.82) is 0 Å². The zero-order chi connectivity index (χ0) is 29.4. The van der Waals surface area contributed by atoms with E-state index in [4.69, 9.17) is 0 Å². The van der Waals surface area contributed by atoms with Crippen LogP contribution in [-0.4, -0.2) is 34.9 Å². The maximum Gasteiger partial charge on any atom is 0.220 e. The van der Waals surface area contributed by atoms with Crippen molar-refractivity contribution in [2.24, 2.45) is 0 Å². The standard InChI is InChI=1S/C36H67NO3/c1-3-5-7-9-11-13-15-17-18-20-21-23-25-27-29-31-35(39)34(33-38)37-36(40)32-30-28-26-24-22-19-16-14-12-10-8-6-4-2/h15,17,21,23,29,31,34-35,38-39H,3-14,16,18-20,22,24-28,30,32-33H2,1-2H3,(H,37,40)/b17-15+,23-21+,31-29+. The van der Waals surface area contributed by atoms with Gasteiger partial charge < -0.3 is 15.5 Å². The van der Waals surface area contributed by atoms with Gasteiger partial charge in [-0.15, -0.1) is 0 Å². The van der Waals surface area contributed by atoms with Gasteiger partial charge in [-0.1, -0.05) is 153 Å². The first-order valence-corrected chi connectivity index (χ1v) is 17.2. The first-order chi connectivity index (χ1) is 19.7. The Bertz CT molecular complexity index is 613. The van der Waals surface area contributed by atoms with E-state index in [0.29, 0.717) is 6.42 Å². The number of carbonyl (C=O) groups excluding carboxylic acids is 1. The monoisotopic (exact) mass is 562 g/mol. The highest BCUT2D eigenvalue weighted by Crippen LogP contribution is 2.13. The summed E-state index contributed by atoms with van der Waals surface area (Å²) in [5, 5.41) is 22.8. The molecule has 0 spiro atoms. The van der Waals surface area contributed by atoms with Crippen molar-refractivity contribution < 1.29 is 15.0 Å². The van der Waals surface area contributed by atoms with Gasteiger partial charge in [-0.2, -0.15) is 0 Å². The molecule has 0 aromatic heterocycles. The lowest BCUT2D eigenvalue weighted by Crippen LogP contribution is -2.45. The predicted molar refractivity (Wildman–Crippen MR) is 175 cm³/mol. The number of rotatable bonds is 30. The summed E-state index contributed by atoms with van der Waals surface area (Å²) in [5.41, 5.74) is 0. The topological polar surface area (TPSA) is 69.6 Å². The van der Waals surface area contributed by atoms with Gasteiger partial charge in [0.15, 0.2) is 0 Å². The first kappa shape index (κ1) is 38.6. The Morgan fingerprint density at radius 1 is 0.575 bits per heavy atom. The molecule has 0 fully saturated rings. The van der Waals surface area contributed by atoms with Crippen LogP contribution in [0.2, 0.25) is 0 Å². The Hall–Kier alpha value is -1.39. The number of hydrogen-bond donors (Lipinski definition) is 3. The molecule has 234 valence electrons. The van der Waals surface area contributed by atoms with Gasteiger partial charge in [-0.3, -0.25) is 4.79 Å². The molecule has 0 rings (SSSR count). The van der Waals surface area contributed by atoms with Crippen LogP contribution in [0.4, 0.5) is 0 Å². The summed E-state index contributed by atoms with van der Waals surface area (Å²) in [7, 11) is 0. The quantitative estimate of drug-likeness (QED) is 0.0603. The fraction of sp³-hybridized carbons (Fsp3) is 0.806. The summed E-state index contributed by atoms with van der Waals surface area (Å²) in [6.45, 7) is 4.26. The van der Waals surface area contributed by atoms with Gasteiger partial charge in [0, 0.05) is 6.42 Å². The highest BCUT2D eigenvalue weighted by atomic mass is 16.3. The van der Waals surface area contributed by atoms with Gasteiger partial charge in [0.2, 0.25) is 5.91 Å². The van der Waals surface area contributed by atoms with Gasteiger partial charge in [0.05, 0.1) is 18.8 Å². The molecule has 4 heteroatoms. The number of amides is 1. The van der Waals surface area contributed by atoms with Crippen LogP contribution >= 0.6 is 0 Å². The van der Waals surface area contributed by atoms with E-state index in [-0.39, 0.29) is 12.5 Å². The van der Waals surface area contributed by atoms with Crippen LogP contribution in [0.15, 0.2) is 36.5 Å². The third-order valence-corrected chi connectivity index (χ3v) is 7.60. The minimum absolute atomic E-state index is 0.0805. The van der Waals surface area contributed by atoms with E-state index >= 15 is 0 Å². The molecular formula is C36H67NO3. The number of nitrogens with one attached hydrogen (secondary N) is 1. The lowest BCUT2D eigenvalue weighted by molar-refractivity contribution is -0.123. The second-order valence-corrected chi connectivity index (χ2v) is 11.6. The normalized spacial score (nSPS) is 13.6. The molecule has 0 radical (unpaired) electrons. The molecule has 0 bridgehead atoms. The van der Waals surface area contributed by atoms with Crippen LogP contribution in [0.1, 0.15) is 168 Å². The van der Waals surface area contributed by atoms with Crippen molar-refractivity contribution in [2.45, 2.75) is 180 Å². The Balaban J connectivity index is 3.73. The average Bonchev–Trinajstić information content (AvgIpc) is 2.96. The maximum absolute atomic E-state index is 12.3. The molecule has 0 aliphatic heterocycles. The fourth-order valence-corrected chi connectivity index (χ4v) is 4.91. The summed E-state index contributed by atoms with van der Waals surface area (Å²) in [4.78, 5) is 12.3. The van der Waals surface area contributed by atoms with Crippen molar-refractivity contribution in [2.75, 3.05) is 6.61 Å². The van der Waals surface area contributed by atoms with Crippen LogP contribution in [0.25, 0.3) is 0 Å². The zero-order valence-electron chi connectivity index (χ0n) is 26.6. The number of carbonyl (C=O) groups is 1. The van der Waals surface area contributed by atoms with Crippen LogP contribution in [0.5, 0.6) is 0 Å². The van der Waals surface area contributed by atoms with E-state index in [1.54, 1.807) is 6.08 Å². The van der Waals surface area contributed by atoms with E-state index in [2.05, 4.69) is 43.5 Å². The Labute approximate surface area is 249 Å². The molecule has 0 aromatic carbocycles. The van der Waals surface area contributed by atoms with Crippen molar-refractivity contribution >= 4 is 5.91 Å². The number of hydrogen-bond acceptors (Lipinski definition) is 3. The highest BCUT2D eigenvalue weighted by Gasteiger charge is 2.17. The zero-order valence-corrected chi connectivity index (χ0v) is 26.6. The Kier molecular flexibility index (Phi) is 31.0. The van der Waals surface area contributed by atoms with Gasteiger partial charge in [-0.05, 0) is 44.9 Å². The van der Waals surface area contributed by atoms with Crippen molar-refractivity contribution in [1.82, 2.24) is 5.32 Å². The number of aliphatic hydroxyl groups excluding tert-OH is 2. The third-order valence-electron chi connectivity index (χ3n) is 7.60. The van der Waals surface area contributed by atoms with E-state index < -0.39 is 12.1 Å². The lowest BCUT2D eigenvalue weighted by Gasteiger charge is -2.19. The van der Waals surface area contributed by atoms with Crippen molar-refractivity contribution in [3.8, 4) is 0 Å². The summed E-state index contributed by atoms with van der Waals surface area (Å²) < 4.78 is 0. The molecule has 3 N–H and O–H groups in total. The van der Waals surface area contributed by atoms with Gasteiger partial charge >= 0.3 is 0 Å². The molecule has 0 aliphatic carbocycles. The molecule has 2 unspecified atom stereocenters. The van der Waals surface area contributed by atoms with Crippen LogP contribution < -0.4 is 5.32 Å². The second kappa shape index (κ2) is 32.1. The summed E-state index contributed by atoms with van der Waals surface area (Å²) in [6, 6.07) is -0.639. The number of aliphatic hydroxyl groups is 2. The molecular weight excluding hydrogens is 494 g/mol. The van der Waals surface area contributed by atoms with Crippen LogP contribution in [-0.2, 0) is 4.79 Å².